The Hall–Kier alpha value is -1.02. The van der Waals surface area contributed by atoms with Gasteiger partial charge in [-0.25, -0.2) is 0 Å². The van der Waals surface area contributed by atoms with E-state index in [4.69, 9.17) is 4.74 Å². The highest BCUT2D eigenvalue weighted by Gasteiger charge is 2.17. The number of hydrogen-bond acceptors (Lipinski definition) is 2. The van der Waals surface area contributed by atoms with Crippen LogP contribution >= 0.6 is 0 Å². The Bertz CT molecular complexity index is 375. The summed E-state index contributed by atoms with van der Waals surface area (Å²) < 4.78 is 5.48. The Morgan fingerprint density at radius 3 is 2.39 bits per heavy atom. The Labute approximate surface area is 112 Å². The maximum atomic E-state index is 5.48. The topological polar surface area (TPSA) is 21.3 Å². The summed E-state index contributed by atoms with van der Waals surface area (Å²) in [5, 5.41) is 3.35. The summed E-state index contributed by atoms with van der Waals surface area (Å²) in [4.78, 5) is 0. The first-order valence-corrected chi connectivity index (χ1v) is 6.77. The largest absolute Gasteiger partial charge is 0.496 e. The molecule has 0 aliphatic rings. The third-order valence-corrected chi connectivity index (χ3v) is 3.51. The molecule has 0 heterocycles. The number of benzene rings is 1. The van der Waals surface area contributed by atoms with Crippen molar-refractivity contribution in [1.29, 1.82) is 0 Å². The van der Waals surface area contributed by atoms with Crippen LogP contribution in [0.1, 0.15) is 45.2 Å². The van der Waals surface area contributed by atoms with Gasteiger partial charge in [0.1, 0.15) is 5.75 Å². The maximum Gasteiger partial charge on any atom is 0.122 e. The summed E-state index contributed by atoms with van der Waals surface area (Å²) in [7, 11) is 3.77. The minimum Gasteiger partial charge on any atom is -0.496 e. The van der Waals surface area contributed by atoms with Crippen molar-refractivity contribution in [3.8, 4) is 5.75 Å². The van der Waals surface area contributed by atoms with Crippen LogP contribution in [-0.2, 0) is 11.8 Å². The van der Waals surface area contributed by atoms with E-state index in [2.05, 4.69) is 51.2 Å². The zero-order chi connectivity index (χ0) is 13.8. The second kappa shape index (κ2) is 6.24. The molecule has 0 aliphatic heterocycles. The molecule has 0 spiro atoms. The number of likely N-dealkylation sites (N-methyl/N-ethyl adjacent to an activating group) is 1. The maximum absolute atomic E-state index is 5.48. The van der Waals surface area contributed by atoms with Gasteiger partial charge < -0.3 is 10.1 Å². The normalized spacial score (nSPS) is 13.4. The molecule has 0 aliphatic carbocycles. The van der Waals surface area contributed by atoms with Gasteiger partial charge in [-0.3, -0.25) is 0 Å². The van der Waals surface area contributed by atoms with Crippen molar-refractivity contribution in [3.05, 3.63) is 29.3 Å². The number of hydrogen-bond donors (Lipinski definition) is 1. The van der Waals surface area contributed by atoms with Crippen LogP contribution in [0.4, 0.5) is 0 Å². The van der Waals surface area contributed by atoms with Gasteiger partial charge in [-0.05, 0) is 42.5 Å². The Morgan fingerprint density at radius 1 is 1.28 bits per heavy atom. The van der Waals surface area contributed by atoms with Crippen LogP contribution < -0.4 is 10.1 Å². The molecule has 18 heavy (non-hydrogen) atoms. The van der Waals surface area contributed by atoms with E-state index < -0.39 is 0 Å². The fraction of sp³-hybridized carbons (Fsp3) is 0.625. The van der Waals surface area contributed by atoms with Gasteiger partial charge in [-0.2, -0.15) is 0 Å². The predicted octanol–water partition coefficient (Wildman–Crippen LogP) is 3.53. The first-order chi connectivity index (χ1) is 8.42. The lowest BCUT2D eigenvalue weighted by Gasteiger charge is -2.22. The van der Waals surface area contributed by atoms with E-state index in [0.717, 1.165) is 18.6 Å². The van der Waals surface area contributed by atoms with Crippen molar-refractivity contribution in [3.63, 3.8) is 0 Å². The average Bonchev–Trinajstić information content (AvgIpc) is 2.34. The van der Waals surface area contributed by atoms with Gasteiger partial charge in [0, 0.05) is 6.04 Å². The summed E-state index contributed by atoms with van der Waals surface area (Å²) in [6.07, 6.45) is 2.14. The van der Waals surface area contributed by atoms with Crippen LogP contribution in [0.25, 0.3) is 0 Å². The van der Waals surface area contributed by atoms with Gasteiger partial charge in [0.05, 0.1) is 7.11 Å². The molecule has 0 bridgehead atoms. The number of ether oxygens (including phenoxy) is 1. The van der Waals surface area contributed by atoms with Crippen molar-refractivity contribution in [1.82, 2.24) is 5.32 Å². The molecule has 1 unspecified atom stereocenters. The summed E-state index contributed by atoms with van der Waals surface area (Å²) in [5.74, 6) is 0.997. The van der Waals surface area contributed by atoms with Crippen molar-refractivity contribution >= 4 is 0 Å². The molecule has 1 atom stereocenters. The molecule has 2 heteroatoms. The minimum absolute atomic E-state index is 0.183. The molecule has 2 nitrogen and oxygen atoms in total. The second-order valence-electron chi connectivity index (χ2n) is 5.87. The predicted molar refractivity (Wildman–Crippen MR) is 78.5 cm³/mol. The molecule has 102 valence electrons. The number of methoxy groups -OCH3 is 1. The van der Waals surface area contributed by atoms with Gasteiger partial charge in [0.15, 0.2) is 0 Å². The molecule has 0 fully saturated rings. The van der Waals surface area contributed by atoms with E-state index in [9.17, 15) is 0 Å². The third-order valence-electron chi connectivity index (χ3n) is 3.51. The highest BCUT2D eigenvalue weighted by atomic mass is 16.5. The standard InChI is InChI=1S/C16H27NO/c1-7-14(17-5)11-12-10-13(16(2,3)4)8-9-15(12)18-6/h8-10,14,17H,7,11H2,1-6H3. The fourth-order valence-electron chi connectivity index (χ4n) is 2.12. The van der Waals surface area contributed by atoms with E-state index in [-0.39, 0.29) is 5.41 Å². The minimum atomic E-state index is 0.183. The van der Waals surface area contributed by atoms with Crippen molar-refractivity contribution < 1.29 is 4.74 Å². The SMILES string of the molecule is CCC(Cc1cc(C(C)(C)C)ccc1OC)NC. The zero-order valence-corrected chi connectivity index (χ0v) is 12.6. The summed E-state index contributed by atoms with van der Waals surface area (Å²) in [6.45, 7) is 8.94. The number of nitrogens with one attached hydrogen (secondary N) is 1. The lowest BCUT2D eigenvalue weighted by Crippen LogP contribution is -2.27. The monoisotopic (exact) mass is 249 g/mol. The van der Waals surface area contributed by atoms with E-state index in [1.54, 1.807) is 7.11 Å². The van der Waals surface area contributed by atoms with Gasteiger partial charge in [-0.1, -0.05) is 39.8 Å². The van der Waals surface area contributed by atoms with E-state index >= 15 is 0 Å². The summed E-state index contributed by atoms with van der Waals surface area (Å²) in [6, 6.07) is 7.06. The molecule has 1 N–H and O–H groups in total. The summed E-state index contributed by atoms with van der Waals surface area (Å²) >= 11 is 0. The van der Waals surface area contributed by atoms with Crippen LogP contribution in [0.2, 0.25) is 0 Å². The second-order valence-corrected chi connectivity index (χ2v) is 5.87. The Morgan fingerprint density at radius 2 is 1.94 bits per heavy atom. The van der Waals surface area contributed by atoms with E-state index in [1.807, 2.05) is 7.05 Å². The van der Waals surface area contributed by atoms with Crippen molar-refractivity contribution in [2.24, 2.45) is 0 Å². The molecule has 1 aromatic rings. The zero-order valence-electron chi connectivity index (χ0n) is 12.6. The smallest absolute Gasteiger partial charge is 0.122 e. The molecule has 1 aromatic carbocycles. The lowest BCUT2D eigenvalue weighted by atomic mass is 9.85. The van der Waals surface area contributed by atoms with E-state index in [1.165, 1.54) is 11.1 Å². The van der Waals surface area contributed by atoms with E-state index in [0.29, 0.717) is 6.04 Å². The van der Waals surface area contributed by atoms with Crippen LogP contribution in [0.15, 0.2) is 18.2 Å². The van der Waals surface area contributed by atoms with Gasteiger partial charge >= 0.3 is 0 Å². The quantitative estimate of drug-likeness (QED) is 0.862. The number of rotatable bonds is 5. The Balaban J connectivity index is 3.06. The first-order valence-electron chi connectivity index (χ1n) is 6.77. The molecular weight excluding hydrogens is 222 g/mol. The summed E-state index contributed by atoms with van der Waals surface area (Å²) in [5.41, 5.74) is 2.85. The Kier molecular flexibility index (Phi) is 5.21. The van der Waals surface area contributed by atoms with Crippen molar-refractivity contribution in [2.75, 3.05) is 14.2 Å². The molecule has 0 amide bonds. The first kappa shape index (κ1) is 15.0. The van der Waals surface area contributed by atoms with Gasteiger partial charge in [0.2, 0.25) is 0 Å². The van der Waals surface area contributed by atoms with Crippen LogP contribution in [0.3, 0.4) is 0 Å². The molecule has 0 saturated heterocycles. The third kappa shape index (κ3) is 3.74. The molecule has 1 rings (SSSR count). The van der Waals surface area contributed by atoms with Gasteiger partial charge in [0.25, 0.3) is 0 Å². The average molecular weight is 249 g/mol. The van der Waals surface area contributed by atoms with Crippen LogP contribution in [0.5, 0.6) is 5.75 Å². The van der Waals surface area contributed by atoms with Gasteiger partial charge in [-0.15, -0.1) is 0 Å². The molecule has 0 radical (unpaired) electrons. The highest BCUT2D eigenvalue weighted by Crippen LogP contribution is 2.28. The highest BCUT2D eigenvalue weighted by molar-refractivity contribution is 5.40. The van der Waals surface area contributed by atoms with Crippen LogP contribution in [0, 0.1) is 0 Å². The lowest BCUT2D eigenvalue weighted by molar-refractivity contribution is 0.404. The molecular formula is C16H27NO. The fourth-order valence-corrected chi connectivity index (χ4v) is 2.12. The molecule has 0 saturated carbocycles. The van der Waals surface area contributed by atoms with Crippen molar-refractivity contribution in [2.45, 2.75) is 52.0 Å². The van der Waals surface area contributed by atoms with Crippen LogP contribution in [-0.4, -0.2) is 20.2 Å². The molecule has 0 aromatic heterocycles.